The Kier molecular flexibility index (Phi) is 4.81. The van der Waals surface area contributed by atoms with Gasteiger partial charge >= 0.3 is 0 Å². The van der Waals surface area contributed by atoms with Crippen LogP contribution < -0.4 is 5.32 Å². The van der Waals surface area contributed by atoms with E-state index in [1.807, 2.05) is 0 Å². The van der Waals surface area contributed by atoms with Crippen LogP contribution in [0.25, 0.3) is 0 Å². The van der Waals surface area contributed by atoms with Crippen molar-refractivity contribution >= 4 is 5.91 Å². The number of aromatic nitrogens is 4. The van der Waals surface area contributed by atoms with E-state index in [0.29, 0.717) is 31.2 Å². The van der Waals surface area contributed by atoms with E-state index in [4.69, 9.17) is 4.42 Å². The molecule has 1 amide bonds. The third kappa shape index (κ3) is 3.75. The molecule has 1 saturated carbocycles. The number of nitrogens with one attached hydrogen (secondary N) is 2. The predicted octanol–water partition coefficient (Wildman–Crippen LogP) is 2.58. The molecule has 0 bridgehead atoms. The molecule has 0 spiro atoms. The Hall–Kier alpha value is -2.18. The molecular weight excluding hydrogens is 318 g/mol. The van der Waals surface area contributed by atoms with E-state index < -0.39 is 0 Å². The van der Waals surface area contributed by atoms with E-state index in [0.717, 1.165) is 37.3 Å². The average molecular weight is 343 g/mol. The lowest BCUT2D eigenvalue weighted by Crippen LogP contribution is -2.23. The molecule has 2 aromatic heterocycles. The van der Waals surface area contributed by atoms with Crippen LogP contribution in [0.1, 0.15) is 79.6 Å². The minimum Gasteiger partial charge on any atom is -0.425 e. The molecule has 0 aliphatic heterocycles. The average Bonchev–Trinajstić information content (AvgIpc) is 3.36. The second kappa shape index (κ2) is 7.37. The van der Waals surface area contributed by atoms with Crippen molar-refractivity contribution in [2.24, 2.45) is 0 Å². The molecule has 0 saturated heterocycles. The highest BCUT2D eigenvalue weighted by molar-refractivity contribution is 5.76. The molecule has 134 valence electrons. The fraction of sp³-hybridized carbons (Fsp3) is 0.667. The molecule has 2 N–H and O–H groups in total. The van der Waals surface area contributed by atoms with Gasteiger partial charge in [0.15, 0.2) is 0 Å². The van der Waals surface area contributed by atoms with E-state index >= 15 is 0 Å². The SMILES string of the molecule is O=C(CCc1nnc(C2CCCCC2)o1)NCc1n[nH]c2c1CCC2. The van der Waals surface area contributed by atoms with E-state index in [2.05, 4.69) is 25.7 Å². The molecule has 0 unspecified atom stereocenters. The summed E-state index contributed by atoms with van der Waals surface area (Å²) in [6.45, 7) is 0.488. The first-order valence-electron chi connectivity index (χ1n) is 9.43. The van der Waals surface area contributed by atoms with Gasteiger partial charge in [-0.15, -0.1) is 10.2 Å². The number of fused-ring (bicyclic) bond motifs is 1. The van der Waals surface area contributed by atoms with Gasteiger partial charge in [-0.1, -0.05) is 19.3 Å². The minimum absolute atomic E-state index is 0.00726. The molecule has 7 nitrogen and oxygen atoms in total. The summed E-state index contributed by atoms with van der Waals surface area (Å²) in [5.74, 6) is 1.72. The van der Waals surface area contributed by atoms with Crippen LogP contribution in [-0.2, 0) is 30.6 Å². The first-order valence-corrected chi connectivity index (χ1v) is 9.43. The predicted molar refractivity (Wildman–Crippen MR) is 90.9 cm³/mol. The second-order valence-electron chi connectivity index (χ2n) is 7.13. The summed E-state index contributed by atoms with van der Waals surface area (Å²) in [5, 5.41) is 18.6. The van der Waals surface area contributed by atoms with Crippen LogP contribution >= 0.6 is 0 Å². The summed E-state index contributed by atoms with van der Waals surface area (Å²) in [4.78, 5) is 12.1. The lowest BCUT2D eigenvalue weighted by molar-refractivity contribution is -0.121. The maximum absolute atomic E-state index is 12.1. The Bertz CT molecular complexity index is 730. The van der Waals surface area contributed by atoms with Gasteiger partial charge in [-0.3, -0.25) is 9.89 Å². The van der Waals surface area contributed by atoms with Crippen LogP contribution in [0.15, 0.2) is 4.42 Å². The Morgan fingerprint density at radius 1 is 1.16 bits per heavy atom. The van der Waals surface area contributed by atoms with Crippen molar-refractivity contribution in [1.82, 2.24) is 25.7 Å². The smallest absolute Gasteiger partial charge is 0.220 e. The molecule has 2 heterocycles. The summed E-state index contributed by atoms with van der Waals surface area (Å²) < 4.78 is 5.76. The van der Waals surface area contributed by atoms with E-state index in [1.54, 1.807) is 0 Å². The number of amides is 1. The quantitative estimate of drug-likeness (QED) is 0.840. The van der Waals surface area contributed by atoms with Crippen LogP contribution in [0.4, 0.5) is 0 Å². The summed E-state index contributed by atoms with van der Waals surface area (Å²) in [6, 6.07) is 0. The topological polar surface area (TPSA) is 96.7 Å². The highest BCUT2D eigenvalue weighted by Crippen LogP contribution is 2.31. The number of nitrogens with zero attached hydrogens (tertiary/aromatic N) is 3. The zero-order valence-electron chi connectivity index (χ0n) is 14.5. The van der Waals surface area contributed by atoms with Crippen molar-refractivity contribution in [1.29, 1.82) is 0 Å². The van der Waals surface area contributed by atoms with Gasteiger partial charge in [0.05, 0.1) is 12.2 Å². The lowest BCUT2D eigenvalue weighted by atomic mass is 9.89. The van der Waals surface area contributed by atoms with Crippen LogP contribution in [0.3, 0.4) is 0 Å². The Morgan fingerprint density at radius 3 is 2.92 bits per heavy atom. The van der Waals surface area contributed by atoms with E-state index in [1.165, 1.54) is 36.9 Å². The molecule has 2 aliphatic carbocycles. The van der Waals surface area contributed by atoms with Crippen LogP contribution in [0.5, 0.6) is 0 Å². The summed E-state index contributed by atoms with van der Waals surface area (Å²) in [7, 11) is 0. The lowest BCUT2D eigenvalue weighted by Gasteiger charge is -2.17. The largest absolute Gasteiger partial charge is 0.425 e. The molecule has 0 atom stereocenters. The Morgan fingerprint density at radius 2 is 2.04 bits per heavy atom. The standard InChI is InChI=1S/C18H25N5O2/c24-16(19-11-15-13-7-4-8-14(13)20-21-15)9-10-17-22-23-18(25-17)12-5-2-1-3-6-12/h12H,1-11H2,(H,19,24)(H,20,21). The Labute approximate surface area is 147 Å². The normalized spacial score (nSPS) is 17.6. The van der Waals surface area contributed by atoms with E-state index in [9.17, 15) is 4.79 Å². The van der Waals surface area contributed by atoms with Crippen LogP contribution in [-0.4, -0.2) is 26.3 Å². The highest BCUT2D eigenvalue weighted by Gasteiger charge is 2.22. The van der Waals surface area contributed by atoms with Gasteiger partial charge in [-0.25, -0.2) is 0 Å². The van der Waals surface area contributed by atoms with Gasteiger partial charge in [-0.05, 0) is 37.7 Å². The third-order valence-corrected chi connectivity index (χ3v) is 5.35. The van der Waals surface area contributed by atoms with Crippen molar-refractivity contribution in [3.63, 3.8) is 0 Å². The molecule has 0 aromatic carbocycles. The molecule has 7 heteroatoms. The number of aromatic amines is 1. The van der Waals surface area contributed by atoms with Crippen LogP contribution in [0, 0.1) is 0 Å². The van der Waals surface area contributed by atoms with Gasteiger partial charge in [-0.2, -0.15) is 5.10 Å². The molecule has 4 rings (SSSR count). The van der Waals surface area contributed by atoms with Crippen molar-refractivity contribution in [3.05, 3.63) is 28.7 Å². The first kappa shape index (κ1) is 16.3. The number of rotatable bonds is 6. The second-order valence-corrected chi connectivity index (χ2v) is 7.13. The molecule has 1 fully saturated rings. The summed E-state index contributed by atoms with van der Waals surface area (Å²) in [5.41, 5.74) is 3.48. The zero-order chi connectivity index (χ0) is 17.1. The number of hydrogen-bond donors (Lipinski definition) is 2. The number of carbonyl (C=O) groups excluding carboxylic acids is 1. The fourth-order valence-electron chi connectivity index (χ4n) is 3.91. The summed E-state index contributed by atoms with van der Waals surface area (Å²) >= 11 is 0. The van der Waals surface area contributed by atoms with Crippen molar-refractivity contribution in [2.75, 3.05) is 0 Å². The number of H-pyrrole nitrogens is 1. The van der Waals surface area contributed by atoms with Gasteiger partial charge in [0.2, 0.25) is 17.7 Å². The number of hydrogen-bond acceptors (Lipinski definition) is 5. The maximum atomic E-state index is 12.1. The minimum atomic E-state index is -0.00726. The van der Waals surface area contributed by atoms with Crippen molar-refractivity contribution in [3.8, 4) is 0 Å². The summed E-state index contributed by atoms with van der Waals surface area (Å²) in [6.07, 6.45) is 10.2. The number of carbonyl (C=O) groups is 1. The molecule has 0 radical (unpaired) electrons. The van der Waals surface area contributed by atoms with E-state index in [-0.39, 0.29) is 5.91 Å². The molecule has 2 aromatic rings. The van der Waals surface area contributed by atoms with Gasteiger partial charge < -0.3 is 9.73 Å². The molecular formula is C18H25N5O2. The monoisotopic (exact) mass is 343 g/mol. The number of aryl methyl sites for hydroxylation is 2. The van der Waals surface area contributed by atoms with Gasteiger partial charge in [0, 0.05) is 24.5 Å². The fourth-order valence-corrected chi connectivity index (χ4v) is 3.91. The molecule has 2 aliphatic rings. The molecule has 25 heavy (non-hydrogen) atoms. The zero-order valence-corrected chi connectivity index (χ0v) is 14.5. The Balaban J connectivity index is 1.24. The highest BCUT2D eigenvalue weighted by atomic mass is 16.4. The maximum Gasteiger partial charge on any atom is 0.220 e. The van der Waals surface area contributed by atoms with Crippen molar-refractivity contribution in [2.45, 2.75) is 76.7 Å². The van der Waals surface area contributed by atoms with Crippen molar-refractivity contribution < 1.29 is 9.21 Å². The van der Waals surface area contributed by atoms with Crippen LogP contribution in [0.2, 0.25) is 0 Å². The van der Waals surface area contributed by atoms with Gasteiger partial charge in [0.1, 0.15) is 0 Å². The van der Waals surface area contributed by atoms with Gasteiger partial charge in [0.25, 0.3) is 0 Å². The first-order chi connectivity index (χ1) is 12.3. The third-order valence-electron chi connectivity index (χ3n) is 5.35.